The van der Waals surface area contributed by atoms with Gasteiger partial charge in [-0.3, -0.25) is 48.5 Å². The maximum Gasteiger partial charge on any atom is 0.415 e. The average Bonchev–Trinajstić information content (AvgIpc) is 1.60. The predicted octanol–water partition coefficient (Wildman–Crippen LogP) is 8.05. The molecule has 0 aliphatic carbocycles. The van der Waals surface area contributed by atoms with Crippen LogP contribution >= 0.6 is 35.3 Å². The molecule has 6 fully saturated rings. The summed E-state index contributed by atoms with van der Waals surface area (Å²) in [6, 6.07) is 21.3. The van der Waals surface area contributed by atoms with Gasteiger partial charge < -0.3 is 84.8 Å². The minimum absolute atomic E-state index is 0. The van der Waals surface area contributed by atoms with Crippen LogP contribution in [0.1, 0.15) is 147 Å². The van der Waals surface area contributed by atoms with Gasteiger partial charge in [0.2, 0.25) is 59.6 Å². The van der Waals surface area contributed by atoms with E-state index < -0.39 is 152 Å². The topological polar surface area (TPSA) is 544 Å². The molecule has 0 unspecified atom stereocenters. The fraction of sp³-hybridized carbons (Fsp3) is 0.511. The Bertz CT molecular complexity index is 5680. The first kappa shape index (κ1) is 117. The highest BCUT2D eigenvalue weighted by Crippen LogP contribution is 2.45. The second kappa shape index (κ2) is 52.0. The second-order valence-corrected chi connectivity index (χ2v) is 46.8. The van der Waals surface area contributed by atoms with Crippen molar-refractivity contribution in [2.24, 2.45) is 0 Å². The highest BCUT2D eigenvalue weighted by molar-refractivity contribution is 8.02. The summed E-state index contributed by atoms with van der Waals surface area (Å²) in [5.41, 5.74) is 0.218. The van der Waals surface area contributed by atoms with E-state index in [1.54, 1.807) is 184 Å². The molecule has 778 valence electrons. The molecule has 9 heterocycles. The third-order valence-corrected chi connectivity index (χ3v) is 32.4. The van der Waals surface area contributed by atoms with Crippen molar-refractivity contribution in [3.63, 3.8) is 0 Å². The van der Waals surface area contributed by atoms with Gasteiger partial charge in [-0.15, -0.1) is 35.3 Å². The molecule has 12 rings (SSSR count). The van der Waals surface area contributed by atoms with E-state index in [9.17, 15) is 87.9 Å². The molecule has 0 radical (unpaired) electrons. The molecule has 48 heteroatoms. The molecular weight excluding hydrogens is 1960 g/mol. The number of aliphatic carboxylic acids is 2. The van der Waals surface area contributed by atoms with Crippen LogP contribution in [0, 0.1) is 0 Å². The maximum absolute atomic E-state index is 13.9. The number of ether oxygens (including phenoxy) is 5. The molecule has 42 nitrogen and oxygen atoms in total. The number of hydrogen-bond donors (Lipinski definition) is 7. The van der Waals surface area contributed by atoms with Crippen LogP contribution in [0.3, 0.4) is 0 Å². The molecule has 7 N–H and O–H groups in total. The van der Waals surface area contributed by atoms with E-state index in [1.807, 2.05) is 0 Å². The number of nitrogens with zero attached hydrogens (tertiary/aromatic N) is 11. The first-order chi connectivity index (χ1) is 66.2. The van der Waals surface area contributed by atoms with E-state index in [4.69, 9.17) is 38.7 Å². The normalized spacial score (nSPS) is 18.6. The molecule has 142 heavy (non-hydrogen) atoms. The summed E-state index contributed by atoms with van der Waals surface area (Å²) in [6.07, 6.45) is 7.64. The van der Waals surface area contributed by atoms with Gasteiger partial charge in [-0.25, -0.2) is 54.0 Å². The Hall–Kier alpha value is -11.6. The summed E-state index contributed by atoms with van der Waals surface area (Å²) >= 11 is 3.93. The maximum atomic E-state index is 13.9. The lowest BCUT2D eigenvalue weighted by Crippen LogP contribution is -2.57. The summed E-state index contributed by atoms with van der Waals surface area (Å²) in [5.74, 6) is -4.19. The average molecular weight is 2090 g/mol. The molecule has 3 aromatic carbocycles. The summed E-state index contributed by atoms with van der Waals surface area (Å²) < 4.78 is 109. The van der Waals surface area contributed by atoms with E-state index >= 15 is 0 Å². The van der Waals surface area contributed by atoms with E-state index in [1.165, 1.54) is 126 Å². The van der Waals surface area contributed by atoms with Crippen molar-refractivity contribution < 1.29 is 127 Å². The van der Waals surface area contributed by atoms with Crippen molar-refractivity contribution in [1.82, 2.24) is 73.6 Å². The molecule has 6 saturated heterocycles. The molecule has 0 saturated carbocycles. The number of amides is 8. The number of pyridine rings is 3. The second-order valence-electron chi connectivity index (χ2n) is 36.4. The first-order valence-electron chi connectivity index (χ1n) is 45.2. The summed E-state index contributed by atoms with van der Waals surface area (Å²) in [5, 5.41) is 35.8. The van der Waals surface area contributed by atoms with Crippen LogP contribution in [-0.4, -0.2) is 329 Å². The monoisotopic (exact) mass is 2090 g/mol. The number of thioether (sulfide) groups is 3. The van der Waals surface area contributed by atoms with E-state index in [2.05, 4.69) is 36.2 Å². The van der Waals surface area contributed by atoms with Crippen LogP contribution in [0.25, 0.3) is 0 Å². The summed E-state index contributed by atoms with van der Waals surface area (Å²) in [6.45, 7) is 31.7. The molecule has 6 aliphatic heterocycles. The highest BCUT2D eigenvalue weighted by atomic mass is 32.2. The van der Waals surface area contributed by atoms with Gasteiger partial charge in [0.05, 0.1) is 17.6 Å². The summed E-state index contributed by atoms with van der Waals surface area (Å²) in [4.78, 5) is 179. The van der Waals surface area contributed by atoms with Gasteiger partial charge in [-0.1, -0.05) is 64.6 Å². The number of aromatic nitrogens is 3. The fourth-order valence-electron chi connectivity index (χ4n) is 15.0. The number of sulfonamides is 3. The molecule has 0 spiro atoms. The third-order valence-electron chi connectivity index (χ3n) is 22.4. The van der Waals surface area contributed by atoms with Crippen LogP contribution in [0.4, 0.5) is 14.4 Å². The Morgan fingerprint density at radius 3 is 0.923 bits per heavy atom. The van der Waals surface area contributed by atoms with Crippen LogP contribution in [0.2, 0.25) is 0 Å². The predicted molar refractivity (Wildman–Crippen MR) is 529 cm³/mol. The van der Waals surface area contributed by atoms with Gasteiger partial charge in [0.15, 0.2) is 0 Å². The Morgan fingerprint density at radius 2 is 0.683 bits per heavy atom. The smallest absolute Gasteiger partial charge is 0.415 e. The summed E-state index contributed by atoms with van der Waals surface area (Å²) in [7, 11) is -12.2. The minimum atomic E-state index is -4.07. The zero-order valence-electron chi connectivity index (χ0n) is 81.3. The Balaban J connectivity index is 0.000000277. The van der Waals surface area contributed by atoms with E-state index in [0.29, 0.717) is 120 Å². The number of benzene rings is 3. The van der Waals surface area contributed by atoms with Gasteiger partial charge in [0.1, 0.15) is 79.4 Å². The Kier molecular flexibility index (Phi) is 43.0. The first-order valence-corrected chi connectivity index (χ1v) is 52.5. The fourth-order valence-corrected chi connectivity index (χ4v) is 24.4. The number of carbonyl (C=O) groups is 13. The van der Waals surface area contributed by atoms with Crippen molar-refractivity contribution in [3.8, 4) is 17.2 Å². The highest BCUT2D eigenvalue weighted by Gasteiger charge is 2.55. The molecule has 3 aromatic heterocycles. The van der Waals surface area contributed by atoms with Crippen molar-refractivity contribution in [2.45, 2.75) is 226 Å². The minimum Gasteiger partial charge on any atom is -0.483 e. The zero-order valence-corrected chi connectivity index (χ0v) is 86.2. The number of esters is 2. The number of carbonyl (C=O) groups excluding carboxylic acids is 10. The van der Waals surface area contributed by atoms with Crippen molar-refractivity contribution in [1.29, 1.82) is 0 Å². The van der Waals surface area contributed by atoms with Crippen LogP contribution in [0.5, 0.6) is 17.2 Å². The lowest BCUT2D eigenvalue weighted by molar-refractivity contribution is -0.159. The molecule has 0 bridgehead atoms. The van der Waals surface area contributed by atoms with Crippen molar-refractivity contribution in [3.05, 3.63) is 163 Å². The van der Waals surface area contributed by atoms with Gasteiger partial charge in [0.25, 0.3) is 6.47 Å². The zero-order chi connectivity index (χ0) is 104. The molecule has 6 atom stereocenters. The lowest BCUT2D eigenvalue weighted by atomic mass is 10.0. The van der Waals surface area contributed by atoms with E-state index in [-0.39, 0.29) is 89.5 Å². The Morgan fingerprint density at radius 1 is 0.430 bits per heavy atom. The van der Waals surface area contributed by atoms with Crippen LogP contribution in [-0.2, 0) is 107 Å². The number of carboxylic acids is 2. The van der Waals surface area contributed by atoms with Crippen molar-refractivity contribution >= 4 is 144 Å². The standard InChI is InChI=1S/C32H43N5O8S2.C29H39N5O7S2.C28H35N5O8S2.C3H6O2.CH2O2.CH4/c1-7-26(38)35-15-17-36(18-16-35)30(41)44-23-12-10-22(11-13-23)19-25(29(40)45-31(2,3)4)34-28(39)27-32(5,6)46-21-37(27)47(42,43)24-9-8-14-33-20-24;1-28(2,3)41-26(36)23(17-20-8-10-21(11-9-20)40-27(37)33-15-13-30-14-16-33)32-25(35)24-29(4,5)42-19-34(24)43(38,39)22-7-6-12-31-18-22;1-4-23(34)31-12-14-32(15-13-31)27(38)41-20-9-7-19(8-10-20)16-22(26(36)37)30-25(35)24-28(2,3)42-18-33(24)43(39,40)21-6-5-11-29-17-21;1-2-3(4)5;2-1-3;/h8-14,20,25,27H,7,15-19,21H2,1-6H3,(H,34,39);6-12,18,23-24,30H,13-17,19H2,1-5H3,(H,32,35);5-11,17,22,24H,4,12-16,18H2,1-3H3,(H,30,35)(H,36,37);2H2,1H3,(H,4,5);1H,(H,2,3);1H4/t25-,27+;23-,24+;22-,24+;;;/m000.../s1. The van der Waals surface area contributed by atoms with Crippen LogP contribution < -0.4 is 35.5 Å². The number of rotatable bonds is 27. The van der Waals surface area contributed by atoms with Crippen molar-refractivity contribution in [2.75, 3.05) is 96.2 Å². The SMILES string of the molecule is C.CC(C)(C)OC(=O)[C@H](Cc1ccc(OC(=O)N2CCNCC2)cc1)NC(=O)[C@H]1N(S(=O)(=O)c2cccnc2)CSC1(C)C.CCC(=O)N1CCN(C(=O)Oc2ccc(C[C@H](NC(=O)[C@H]3N(S(=O)(=O)c4cccnc4)CSC3(C)C)C(=O)O)cc2)CC1.CCC(=O)N1CCN(C(=O)Oc2ccc(C[C@H](NC(=O)[C@H]3N(S(=O)(=O)c4cccnc4)CSC3(C)C)C(=O)OC(C)(C)C)cc2)CC1.CCC(=O)O.O=CO. The van der Waals surface area contributed by atoms with Gasteiger partial charge in [0, 0.05) is 168 Å². The van der Waals surface area contributed by atoms with Gasteiger partial charge in [-0.2, -0.15) is 12.9 Å². The quantitative estimate of drug-likeness (QED) is 0.0189. The van der Waals surface area contributed by atoms with Crippen LogP contribution in [0.15, 0.2) is 161 Å². The Labute approximate surface area is 841 Å². The van der Waals surface area contributed by atoms with Gasteiger partial charge in [-0.05, 0) is 173 Å². The number of piperazine rings is 3. The number of nitrogens with one attached hydrogen (secondary N) is 4. The number of carboxylic acid groups (broad SMARTS) is 3. The van der Waals surface area contributed by atoms with Gasteiger partial charge >= 0.3 is 42.2 Å². The third kappa shape index (κ3) is 33.2. The largest absolute Gasteiger partial charge is 0.483 e. The number of hydrogen-bond acceptors (Lipinski definition) is 31. The molecular formula is C94H129N15O27S6. The molecule has 6 aliphatic rings. The lowest BCUT2D eigenvalue weighted by Gasteiger charge is -2.33. The van der Waals surface area contributed by atoms with E-state index in [0.717, 1.165) is 12.9 Å². The molecule has 6 aromatic rings. The molecule has 8 amide bonds.